The third kappa shape index (κ3) is 8.99. The quantitative estimate of drug-likeness (QED) is 0.265. The maximum Gasteiger partial charge on any atom is 0.329 e. The largest absolute Gasteiger partial charge is 0.490 e. The second kappa shape index (κ2) is 13.3. The molecule has 0 spiro atoms. The van der Waals surface area contributed by atoms with Gasteiger partial charge in [0.1, 0.15) is 0 Å². The van der Waals surface area contributed by atoms with Crippen molar-refractivity contribution in [2.75, 3.05) is 25.1 Å². The molecule has 9 nitrogen and oxygen atoms in total. The topological polar surface area (TPSA) is 118 Å². The first-order valence-corrected chi connectivity index (χ1v) is 10.8. The van der Waals surface area contributed by atoms with Gasteiger partial charge in [-0.3, -0.25) is 14.4 Å². The molecule has 0 heterocycles. The van der Waals surface area contributed by atoms with Crippen molar-refractivity contribution in [3.05, 3.63) is 52.0 Å². The fourth-order valence-electron chi connectivity index (χ4n) is 2.49. The van der Waals surface area contributed by atoms with Gasteiger partial charge in [-0.15, -0.1) is 0 Å². The van der Waals surface area contributed by atoms with E-state index in [9.17, 15) is 14.4 Å². The minimum Gasteiger partial charge on any atom is -0.490 e. The zero-order valence-electron chi connectivity index (χ0n) is 18.1. The van der Waals surface area contributed by atoms with Crippen molar-refractivity contribution < 1.29 is 23.9 Å². The number of ether oxygens (including phenoxy) is 2. The van der Waals surface area contributed by atoms with Gasteiger partial charge in [0, 0.05) is 22.3 Å². The van der Waals surface area contributed by atoms with E-state index < -0.39 is 17.7 Å². The lowest BCUT2D eigenvalue weighted by molar-refractivity contribution is -0.139. The lowest BCUT2D eigenvalue weighted by Crippen LogP contribution is -2.38. The third-order valence-corrected chi connectivity index (χ3v) is 4.33. The fourth-order valence-corrected chi connectivity index (χ4v) is 3.02. The average Bonchev–Trinajstić information content (AvgIpc) is 2.76. The van der Waals surface area contributed by atoms with E-state index in [1.165, 1.54) is 6.21 Å². The molecule has 0 fully saturated rings. The molecule has 0 atom stereocenters. The first-order valence-electron chi connectivity index (χ1n) is 10.1. The molecule has 0 unspecified atom stereocenters. The van der Waals surface area contributed by atoms with Gasteiger partial charge in [-0.2, -0.15) is 5.10 Å². The predicted octanol–water partition coefficient (Wildman–Crippen LogP) is 3.39. The van der Waals surface area contributed by atoms with Crippen molar-refractivity contribution in [1.29, 1.82) is 0 Å². The number of amides is 3. The summed E-state index contributed by atoms with van der Waals surface area (Å²) in [6.07, 6.45) is 2.07. The van der Waals surface area contributed by atoms with Crippen molar-refractivity contribution in [3.63, 3.8) is 0 Å². The molecule has 0 aliphatic heterocycles. The summed E-state index contributed by atoms with van der Waals surface area (Å²) in [7, 11) is 0. The smallest absolute Gasteiger partial charge is 0.329 e. The van der Waals surface area contributed by atoms with Gasteiger partial charge in [-0.1, -0.05) is 30.1 Å². The van der Waals surface area contributed by atoms with Gasteiger partial charge in [-0.25, -0.2) is 5.43 Å². The van der Waals surface area contributed by atoms with Crippen LogP contribution in [0.2, 0.25) is 10.0 Å². The van der Waals surface area contributed by atoms with Crippen LogP contribution in [0.1, 0.15) is 25.8 Å². The SMILES string of the molecule is CCCNC(=O)C(=O)N/N=C\c1ccc(OCC(=O)Nc2cc(Cl)cc(Cl)c2)c(OCC)c1. The van der Waals surface area contributed by atoms with Gasteiger partial charge < -0.3 is 20.1 Å². The molecule has 176 valence electrons. The highest BCUT2D eigenvalue weighted by Gasteiger charge is 2.12. The van der Waals surface area contributed by atoms with Crippen LogP contribution in [0.15, 0.2) is 41.5 Å². The number of nitrogens with one attached hydrogen (secondary N) is 3. The predicted molar refractivity (Wildman–Crippen MR) is 127 cm³/mol. The Hall–Kier alpha value is -3.30. The van der Waals surface area contributed by atoms with Gasteiger partial charge in [-0.05, 0) is 55.3 Å². The summed E-state index contributed by atoms with van der Waals surface area (Å²) in [5, 5.41) is 9.66. The summed E-state index contributed by atoms with van der Waals surface area (Å²) in [4.78, 5) is 35.4. The minimum absolute atomic E-state index is 0.277. The summed E-state index contributed by atoms with van der Waals surface area (Å²) in [5.41, 5.74) is 3.18. The van der Waals surface area contributed by atoms with Gasteiger partial charge in [0.15, 0.2) is 18.1 Å². The summed E-state index contributed by atoms with van der Waals surface area (Å²) in [6.45, 7) is 4.16. The first-order chi connectivity index (χ1) is 15.8. The molecule has 2 rings (SSSR count). The lowest BCUT2D eigenvalue weighted by Gasteiger charge is -2.13. The zero-order valence-corrected chi connectivity index (χ0v) is 19.6. The standard InChI is InChI=1S/C22H24Cl2N4O5/c1-3-7-25-21(30)22(31)28-26-12-14-5-6-18(19(8-14)32-4-2)33-13-20(29)27-17-10-15(23)9-16(24)11-17/h5-6,8-12H,3-4,7,13H2,1-2H3,(H,25,30)(H,27,29)(H,28,31)/b26-12-. The monoisotopic (exact) mass is 494 g/mol. The molecule has 2 aromatic carbocycles. The first kappa shape index (κ1) is 26.0. The van der Waals surface area contributed by atoms with Gasteiger partial charge in [0.25, 0.3) is 5.91 Å². The summed E-state index contributed by atoms with van der Waals surface area (Å²) < 4.78 is 11.1. The van der Waals surface area contributed by atoms with Crippen LogP contribution in [-0.2, 0) is 14.4 Å². The van der Waals surface area contributed by atoms with Crippen molar-refractivity contribution in [2.45, 2.75) is 20.3 Å². The molecule has 3 amide bonds. The normalized spacial score (nSPS) is 10.5. The summed E-state index contributed by atoms with van der Waals surface area (Å²) in [6, 6.07) is 9.57. The second-order valence-corrected chi connectivity index (χ2v) is 7.46. The van der Waals surface area contributed by atoms with E-state index in [0.717, 1.165) is 0 Å². The molecule has 0 saturated carbocycles. The Morgan fingerprint density at radius 2 is 1.70 bits per heavy atom. The fraction of sp³-hybridized carbons (Fsp3) is 0.273. The number of halogens is 2. The lowest BCUT2D eigenvalue weighted by atomic mass is 10.2. The third-order valence-electron chi connectivity index (χ3n) is 3.89. The van der Waals surface area contributed by atoms with Gasteiger partial charge in [0.05, 0.1) is 12.8 Å². The molecule has 0 radical (unpaired) electrons. The van der Waals surface area contributed by atoms with Gasteiger partial charge in [0.2, 0.25) is 0 Å². The maximum absolute atomic E-state index is 12.2. The molecular weight excluding hydrogens is 471 g/mol. The molecule has 0 aliphatic rings. The molecule has 2 aromatic rings. The van der Waals surface area contributed by atoms with Crippen molar-refractivity contribution in [2.24, 2.45) is 5.10 Å². The number of hydrogen-bond donors (Lipinski definition) is 3. The number of nitrogens with zero attached hydrogens (tertiary/aromatic N) is 1. The van der Waals surface area contributed by atoms with Gasteiger partial charge >= 0.3 is 11.8 Å². The molecular formula is C22H24Cl2N4O5. The number of carbonyl (C=O) groups excluding carboxylic acids is 3. The molecule has 3 N–H and O–H groups in total. The highest BCUT2D eigenvalue weighted by molar-refractivity contribution is 6.35. The molecule has 0 aromatic heterocycles. The van der Waals surface area contributed by atoms with Crippen molar-refractivity contribution in [3.8, 4) is 11.5 Å². The van der Waals surface area contributed by atoms with E-state index in [1.807, 2.05) is 6.92 Å². The van der Waals surface area contributed by atoms with Crippen LogP contribution in [-0.4, -0.2) is 43.7 Å². The minimum atomic E-state index is -0.864. The van der Waals surface area contributed by atoms with E-state index in [2.05, 4.69) is 21.2 Å². The highest BCUT2D eigenvalue weighted by Crippen LogP contribution is 2.28. The van der Waals surface area contributed by atoms with Crippen LogP contribution in [0.4, 0.5) is 5.69 Å². The van der Waals surface area contributed by atoms with Crippen LogP contribution < -0.4 is 25.5 Å². The van der Waals surface area contributed by atoms with Crippen LogP contribution >= 0.6 is 23.2 Å². The van der Waals surface area contributed by atoms with E-state index in [1.54, 1.807) is 43.3 Å². The van der Waals surface area contributed by atoms with E-state index in [0.29, 0.717) is 52.4 Å². The average molecular weight is 495 g/mol. The molecule has 33 heavy (non-hydrogen) atoms. The van der Waals surface area contributed by atoms with Crippen molar-refractivity contribution >= 4 is 52.8 Å². The Labute approximate surface area is 201 Å². The Morgan fingerprint density at radius 3 is 2.36 bits per heavy atom. The zero-order chi connectivity index (χ0) is 24.2. The van der Waals surface area contributed by atoms with Crippen LogP contribution in [0, 0.1) is 0 Å². The maximum atomic E-state index is 12.2. The van der Waals surface area contributed by atoms with E-state index in [-0.39, 0.29) is 6.61 Å². The molecule has 0 saturated heterocycles. The van der Waals surface area contributed by atoms with E-state index in [4.69, 9.17) is 32.7 Å². The van der Waals surface area contributed by atoms with Crippen LogP contribution in [0.25, 0.3) is 0 Å². The number of carbonyl (C=O) groups is 3. The molecule has 11 heteroatoms. The number of hydrazone groups is 1. The summed E-state index contributed by atoms with van der Waals surface area (Å²) in [5.74, 6) is -1.31. The highest BCUT2D eigenvalue weighted by atomic mass is 35.5. The van der Waals surface area contributed by atoms with Crippen molar-refractivity contribution in [1.82, 2.24) is 10.7 Å². The Morgan fingerprint density at radius 1 is 0.970 bits per heavy atom. The number of hydrogen-bond acceptors (Lipinski definition) is 6. The van der Waals surface area contributed by atoms with Crippen LogP contribution in [0.5, 0.6) is 11.5 Å². The number of benzene rings is 2. The number of rotatable bonds is 10. The Kier molecular flexibility index (Phi) is 10.5. The van der Waals surface area contributed by atoms with E-state index >= 15 is 0 Å². The van der Waals surface area contributed by atoms with Crippen LogP contribution in [0.3, 0.4) is 0 Å². The Balaban J connectivity index is 1.97. The number of anilines is 1. The summed E-state index contributed by atoms with van der Waals surface area (Å²) >= 11 is 11.9. The molecule has 0 aliphatic carbocycles. The Bertz CT molecular complexity index is 1010. The molecule has 0 bridgehead atoms. The second-order valence-electron chi connectivity index (χ2n) is 6.59.